The highest BCUT2D eigenvalue weighted by Crippen LogP contribution is 2.32. The van der Waals surface area contributed by atoms with Crippen LogP contribution in [-0.2, 0) is 4.79 Å². The van der Waals surface area contributed by atoms with Crippen molar-refractivity contribution in [3.63, 3.8) is 0 Å². The first-order valence-corrected chi connectivity index (χ1v) is 9.13. The summed E-state index contributed by atoms with van der Waals surface area (Å²) in [5.41, 5.74) is 7.75. The molecule has 0 radical (unpaired) electrons. The van der Waals surface area contributed by atoms with E-state index in [2.05, 4.69) is 15.3 Å². The number of hydrogen-bond acceptors (Lipinski definition) is 6. The van der Waals surface area contributed by atoms with E-state index >= 15 is 0 Å². The van der Waals surface area contributed by atoms with E-state index < -0.39 is 5.91 Å². The van der Waals surface area contributed by atoms with E-state index in [1.165, 1.54) is 6.33 Å². The van der Waals surface area contributed by atoms with Crippen molar-refractivity contribution >= 4 is 22.8 Å². The van der Waals surface area contributed by atoms with E-state index in [1.807, 2.05) is 60.7 Å². The maximum absolute atomic E-state index is 11.6. The fourth-order valence-corrected chi connectivity index (χ4v) is 3.17. The minimum atomic E-state index is -0.400. The van der Waals surface area contributed by atoms with E-state index in [9.17, 15) is 4.79 Å². The van der Waals surface area contributed by atoms with Gasteiger partial charge >= 0.3 is 0 Å². The van der Waals surface area contributed by atoms with E-state index in [0.717, 1.165) is 22.3 Å². The van der Waals surface area contributed by atoms with Gasteiger partial charge in [-0.15, -0.1) is 0 Å². The zero-order valence-electron chi connectivity index (χ0n) is 15.8. The van der Waals surface area contributed by atoms with Gasteiger partial charge in [0, 0.05) is 5.56 Å². The van der Waals surface area contributed by atoms with E-state index in [1.54, 1.807) is 7.11 Å². The first-order chi connectivity index (χ1) is 14.1. The molecule has 1 unspecified atom stereocenters. The first kappa shape index (κ1) is 18.5. The van der Waals surface area contributed by atoms with Gasteiger partial charge in [-0.2, -0.15) is 0 Å². The Morgan fingerprint density at radius 2 is 1.90 bits per heavy atom. The molecule has 0 bridgehead atoms. The lowest BCUT2D eigenvalue weighted by atomic mass is 10.0. The lowest BCUT2D eigenvalue weighted by molar-refractivity contribution is -0.118. The number of aromatic nitrogens is 2. The molecule has 1 atom stereocenters. The summed E-state index contributed by atoms with van der Waals surface area (Å²) in [5.74, 6) is 1.61. The van der Waals surface area contributed by atoms with Crippen molar-refractivity contribution in [2.45, 2.75) is 12.5 Å². The van der Waals surface area contributed by atoms with Gasteiger partial charge in [0.15, 0.2) is 0 Å². The molecule has 0 fully saturated rings. The van der Waals surface area contributed by atoms with Gasteiger partial charge in [0.1, 0.15) is 23.7 Å². The number of hydrogen-bond donors (Lipinski definition) is 2. The van der Waals surface area contributed by atoms with E-state index in [4.69, 9.17) is 14.9 Å². The maximum atomic E-state index is 11.6. The molecule has 2 heterocycles. The number of nitrogens with two attached hydrogens (primary N) is 1. The molecule has 0 saturated heterocycles. The average molecular weight is 388 g/mol. The number of benzene rings is 2. The van der Waals surface area contributed by atoms with E-state index in [0.29, 0.717) is 17.3 Å². The third-order valence-corrected chi connectivity index (χ3v) is 4.62. The van der Waals surface area contributed by atoms with Crippen molar-refractivity contribution in [3.05, 3.63) is 72.6 Å². The molecule has 0 aliphatic rings. The summed E-state index contributed by atoms with van der Waals surface area (Å²) in [5, 5.41) is 4.05. The molecule has 4 aromatic rings. The number of amides is 1. The van der Waals surface area contributed by atoms with Gasteiger partial charge in [-0.05, 0) is 35.9 Å². The summed E-state index contributed by atoms with van der Waals surface area (Å²) >= 11 is 0. The zero-order valence-corrected chi connectivity index (χ0v) is 15.8. The van der Waals surface area contributed by atoms with Crippen LogP contribution >= 0.6 is 0 Å². The van der Waals surface area contributed by atoms with Crippen molar-refractivity contribution in [2.75, 3.05) is 12.4 Å². The second-order valence-electron chi connectivity index (χ2n) is 6.56. The molecule has 7 nitrogen and oxygen atoms in total. The predicted molar refractivity (Wildman–Crippen MR) is 110 cm³/mol. The molecule has 146 valence electrons. The molecule has 0 aliphatic carbocycles. The lowest BCUT2D eigenvalue weighted by Gasteiger charge is -2.18. The normalized spacial score (nSPS) is 11.9. The van der Waals surface area contributed by atoms with Crippen LogP contribution in [0.3, 0.4) is 0 Å². The van der Waals surface area contributed by atoms with Crippen LogP contribution in [0.1, 0.15) is 18.0 Å². The smallest absolute Gasteiger partial charge is 0.231 e. The van der Waals surface area contributed by atoms with Crippen LogP contribution in [0.15, 0.2) is 71.4 Å². The topological polar surface area (TPSA) is 103 Å². The largest absolute Gasteiger partial charge is 0.497 e. The Balaban J connectivity index is 1.69. The highest BCUT2D eigenvalue weighted by Gasteiger charge is 2.18. The Morgan fingerprint density at radius 1 is 1.14 bits per heavy atom. The van der Waals surface area contributed by atoms with Gasteiger partial charge in [0.05, 0.1) is 25.0 Å². The molecule has 1 amide bonds. The molecule has 2 aromatic carbocycles. The minimum Gasteiger partial charge on any atom is -0.497 e. The Hall–Kier alpha value is -3.87. The van der Waals surface area contributed by atoms with Crippen LogP contribution in [0.25, 0.3) is 22.4 Å². The second-order valence-corrected chi connectivity index (χ2v) is 6.56. The van der Waals surface area contributed by atoms with Crippen LogP contribution in [-0.4, -0.2) is 23.0 Å². The highest BCUT2D eigenvalue weighted by atomic mass is 16.5. The second kappa shape index (κ2) is 8.02. The molecule has 7 heteroatoms. The summed E-state index contributed by atoms with van der Waals surface area (Å²) in [6, 6.07) is 18.8. The number of methoxy groups -OCH3 is 1. The Morgan fingerprint density at radius 3 is 2.59 bits per heavy atom. The van der Waals surface area contributed by atoms with Crippen molar-refractivity contribution in [3.8, 4) is 17.1 Å². The number of fused-ring (bicyclic) bond motifs is 1. The van der Waals surface area contributed by atoms with Gasteiger partial charge in [-0.25, -0.2) is 9.97 Å². The standard InChI is InChI=1S/C22H20N4O3/c1-28-16-9-7-15(8-10-16)19-11-17-21(24-13-25-22(17)29-19)26-18(12-20(23)27)14-5-3-2-4-6-14/h2-11,13,18H,12H2,1H3,(H2,23,27)(H,24,25,26). The number of rotatable bonds is 7. The van der Waals surface area contributed by atoms with Gasteiger partial charge in [0.2, 0.25) is 11.6 Å². The maximum Gasteiger partial charge on any atom is 0.231 e. The lowest BCUT2D eigenvalue weighted by Crippen LogP contribution is -2.21. The number of nitrogens with zero attached hydrogens (tertiary/aromatic N) is 2. The predicted octanol–water partition coefficient (Wildman–Crippen LogP) is 3.93. The summed E-state index contributed by atoms with van der Waals surface area (Å²) in [6.45, 7) is 0. The van der Waals surface area contributed by atoms with Crippen LogP contribution in [0.2, 0.25) is 0 Å². The summed E-state index contributed by atoms with van der Waals surface area (Å²) < 4.78 is 11.1. The molecular weight excluding hydrogens is 368 g/mol. The first-order valence-electron chi connectivity index (χ1n) is 9.13. The number of furan rings is 1. The number of anilines is 1. The molecule has 4 rings (SSSR count). The van der Waals surface area contributed by atoms with Crippen LogP contribution in [0.4, 0.5) is 5.82 Å². The van der Waals surface area contributed by atoms with Gasteiger partial charge in [-0.3, -0.25) is 4.79 Å². The molecule has 2 aromatic heterocycles. The van der Waals surface area contributed by atoms with Gasteiger partial charge in [0.25, 0.3) is 0 Å². The number of carbonyl (C=O) groups is 1. The average Bonchev–Trinajstić information content (AvgIpc) is 3.19. The van der Waals surface area contributed by atoms with Crippen molar-refractivity contribution in [1.82, 2.24) is 9.97 Å². The molecular formula is C22H20N4O3. The fraction of sp³-hybridized carbons (Fsp3) is 0.136. The van der Waals surface area contributed by atoms with E-state index in [-0.39, 0.29) is 12.5 Å². The number of primary amides is 1. The number of ether oxygens (including phenoxy) is 1. The highest BCUT2D eigenvalue weighted by molar-refractivity contribution is 5.89. The van der Waals surface area contributed by atoms with Gasteiger partial charge < -0.3 is 20.2 Å². The summed E-state index contributed by atoms with van der Waals surface area (Å²) in [6.07, 6.45) is 1.57. The Bertz CT molecular complexity index is 1120. The Kier molecular flexibility index (Phi) is 5.11. The fourth-order valence-electron chi connectivity index (χ4n) is 3.17. The number of nitrogens with one attached hydrogen (secondary N) is 1. The van der Waals surface area contributed by atoms with Crippen LogP contribution in [0, 0.1) is 0 Å². The van der Waals surface area contributed by atoms with Crippen LogP contribution < -0.4 is 15.8 Å². The molecule has 3 N–H and O–H groups in total. The SMILES string of the molecule is COc1ccc(-c2cc3c(NC(CC(N)=O)c4ccccc4)ncnc3o2)cc1. The molecule has 0 spiro atoms. The monoisotopic (exact) mass is 388 g/mol. The van der Waals surface area contributed by atoms with Crippen molar-refractivity contribution in [2.24, 2.45) is 5.73 Å². The molecule has 0 saturated carbocycles. The van der Waals surface area contributed by atoms with Crippen molar-refractivity contribution < 1.29 is 13.9 Å². The van der Waals surface area contributed by atoms with Crippen molar-refractivity contribution in [1.29, 1.82) is 0 Å². The third kappa shape index (κ3) is 4.03. The number of carbonyl (C=O) groups excluding carboxylic acids is 1. The van der Waals surface area contributed by atoms with Crippen LogP contribution in [0.5, 0.6) is 5.75 Å². The summed E-state index contributed by atoms with van der Waals surface area (Å²) in [4.78, 5) is 20.2. The molecule has 0 aliphatic heterocycles. The third-order valence-electron chi connectivity index (χ3n) is 4.62. The quantitative estimate of drug-likeness (QED) is 0.497. The summed E-state index contributed by atoms with van der Waals surface area (Å²) in [7, 11) is 1.62. The van der Waals surface area contributed by atoms with Gasteiger partial charge in [-0.1, -0.05) is 30.3 Å². The zero-order chi connectivity index (χ0) is 20.2. The Labute approximate surface area is 167 Å². The minimum absolute atomic E-state index is 0.138. The molecule has 29 heavy (non-hydrogen) atoms.